The molecule has 17 heavy (non-hydrogen) atoms. The average molecular weight is 243 g/mol. The van der Waals surface area contributed by atoms with Crippen molar-refractivity contribution in [1.82, 2.24) is 5.32 Å². The van der Waals surface area contributed by atoms with E-state index in [-0.39, 0.29) is 23.8 Å². The van der Waals surface area contributed by atoms with E-state index in [4.69, 9.17) is 9.84 Å². The van der Waals surface area contributed by atoms with Gasteiger partial charge in [0, 0.05) is 32.3 Å². The maximum absolute atomic E-state index is 11.9. The summed E-state index contributed by atoms with van der Waals surface area (Å²) < 4.78 is 5.24. The molecular weight excluding hydrogens is 218 g/mol. The van der Waals surface area contributed by atoms with Crippen molar-refractivity contribution in [2.45, 2.75) is 39.5 Å². The Morgan fingerprint density at radius 2 is 2.06 bits per heavy atom. The van der Waals surface area contributed by atoms with Gasteiger partial charge >= 0.3 is 0 Å². The molecule has 0 aromatic carbocycles. The van der Waals surface area contributed by atoms with E-state index in [0.29, 0.717) is 19.8 Å². The largest absolute Gasteiger partial charge is 0.396 e. The molecule has 0 aliphatic carbocycles. The molecule has 2 N–H and O–H groups in total. The molecule has 0 aromatic rings. The van der Waals surface area contributed by atoms with Crippen molar-refractivity contribution in [2.24, 2.45) is 11.3 Å². The minimum absolute atomic E-state index is 0.0591. The first-order valence-electron chi connectivity index (χ1n) is 6.51. The molecule has 0 atom stereocenters. The number of rotatable bonds is 6. The summed E-state index contributed by atoms with van der Waals surface area (Å²) in [5.41, 5.74) is 0.0591. The van der Waals surface area contributed by atoms with Crippen LogP contribution in [0.15, 0.2) is 0 Å². The molecule has 1 rings (SSSR count). The Bertz CT molecular complexity index is 235. The third-order valence-corrected chi connectivity index (χ3v) is 3.34. The lowest BCUT2D eigenvalue weighted by molar-refractivity contribution is -0.128. The summed E-state index contributed by atoms with van der Waals surface area (Å²) in [6.45, 7) is 6.54. The maximum Gasteiger partial charge on any atom is 0.223 e. The molecular formula is C13H25NO3. The van der Waals surface area contributed by atoms with Crippen LogP contribution in [-0.4, -0.2) is 37.4 Å². The van der Waals surface area contributed by atoms with Gasteiger partial charge in [-0.25, -0.2) is 0 Å². The van der Waals surface area contributed by atoms with Gasteiger partial charge in [0.2, 0.25) is 5.91 Å². The predicted molar refractivity (Wildman–Crippen MR) is 66.7 cm³/mol. The van der Waals surface area contributed by atoms with Gasteiger partial charge in [0.15, 0.2) is 0 Å². The Kier molecular flexibility index (Phi) is 5.92. The zero-order chi connectivity index (χ0) is 12.7. The molecule has 1 aliphatic rings. The van der Waals surface area contributed by atoms with Gasteiger partial charge in [-0.3, -0.25) is 4.79 Å². The lowest BCUT2D eigenvalue weighted by atomic mass is 9.87. The van der Waals surface area contributed by atoms with Crippen molar-refractivity contribution in [3.8, 4) is 0 Å². The SMILES string of the molecule is CC(C)(CCCO)CNC(=O)C1CCOCC1. The van der Waals surface area contributed by atoms with Crippen LogP contribution in [0.4, 0.5) is 0 Å². The molecule has 0 aromatic heterocycles. The predicted octanol–water partition coefficient (Wildman–Crippen LogP) is 1.33. The van der Waals surface area contributed by atoms with Gasteiger partial charge < -0.3 is 15.2 Å². The number of nitrogens with one attached hydrogen (secondary N) is 1. The standard InChI is InChI=1S/C13H25NO3/c1-13(2,6-3-7-15)10-14-12(16)11-4-8-17-9-5-11/h11,15H,3-10H2,1-2H3,(H,14,16). The van der Waals surface area contributed by atoms with Crippen LogP contribution in [0.3, 0.4) is 0 Å². The van der Waals surface area contributed by atoms with Gasteiger partial charge in [-0.05, 0) is 31.1 Å². The molecule has 1 amide bonds. The first-order chi connectivity index (χ1) is 8.05. The van der Waals surface area contributed by atoms with Gasteiger partial charge in [-0.15, -0.1) is 0 Å². The van der Waals surface area contributed by atoms with Crippen molar-refractivity contribution in [3.05, 3.63) is 0 Å². The lowest BCUT2D eigenvalue weighted by Gasteiger charge is -2.27. The highest BCUT2D eigenvalue weighted by molar-refractivity contribution is 5.78. The van der Waals surface area contributed by atoms with Crippen LogP contribution in [0, 0.1) is 11.3 Å². The number of carbonyl (C=O) groups excluding carboxylic acids is 1. The van der Waals surface area contributed by atoms with Crippen LogP contribution < -0.4 is 5.32 Å². The Morgan fingerprint density at radius 1 is 1.41 bits per heavy atom. The summed E-state index contributed by atoms with van der Waals surface area (Å²) in [7, 11) is 0. The van der Waals surface area contributed by atoms with Crippen LogP contribution in [-0.2, 0) is 9.53 Å². The van der Waals surface area contributed by atoms with Gasteiger partial charge in [0.25, 0.3) is 0 Å². The van der Waals surface area contributed by atoms with Crippen molar-refractivity contribution in [2.75, 3.05) is 26.4 Å². The van der Waals surface area contributed by atoms with Crippen LogP contribution in [0.25, 0.3) is 0 Å². The molecule has 0 unspecified atom stereocenters. The van der Waals surface area contributed by atoms with Crippen molar-refractivity contribution < 1.29 is 14.6 Å². The number of hydrogen-bond donors (Lipinski definition) is 2. The van der Waals surface area contributed by atoms with E-state index in [2.05, 4.69) is 19.2 Å². The van der Waals surface area contributed by atoms with Crippen LogP contribution >= 0.6 is 0 Å². The van der Waals surface area contributed by atoms with Gasteiger partial charge in [-0.1, -0.05) is 13.8 Å². The molecule has 1 fully saturated rings. The second-order valence-corrected chi connectivity index (χ2v) is 5.60. The molecule has 0 radical (unpaired) electrons. The number of amides is 1. The van der Waals surface area contributed by atoms with E-state index in [9.17, 15) is 4.79 Å². The van der Waals surface area contributed by atoms with E-state index in [1.165, 1.54) is 0 Å². The Hall–Kier alpha value is -0.610. The number of carbonyl (C=O) groups is 1. The third kappa shape index (κ3) is 5.50. The first kappa shape index (κ1) is 14.5. The highest BCUT2D eigenvalue weighted by Crippen LogP contribution is 2.21. The van der Waals surface area contributed by atoms with Crippen LogP contribution in [0.1, 0.15) is 39.5 Å². The molecule has 4 nitrogen and oxygen atoms in total. The van der Waals surface area contributed by atoms with Crippen LogP contribution in [0.2, 0.25) is 0 Å². The summed E-state index contributed by atoms with van der Waals surface area (Å²) in [6.07, 6.45) is 3.39. The monoisotopic (exact) mass is 243 g/mol. The van der Waals surface area contributed by atoms with E-state index in [0.717, 1.165) is 25.7 Å². The van der Waals surface area contributed by atoms with E-state index < -0.39 is 0 Å². The fourth-order valence-corrected chi connectivity index (χ4v) is 2.08. The van der Waals surface area contributed by atoms with E-state index in [1.54, 1.807) is 0 Å². The summed E-state index contributed by atoms with van der Waals surface area (Å²) in [5.74, 6) is 0.280. The topological polar surface area (TPSA) is 58.6 Å². The number of ether oxygens (including phenoxy) is 1. The highest BCUT2D eigenvalue weighted by atomic mass is 16.5. The molecule has 4 heteroatoms. The Balaban J connectivity index is 2.26. The zero-order valence-electron chi connectivity index (χ0n) is 11.0. The van der Waals surface area contributed by atoms with Gasteiger partial charge in [0.05, 0.1) is 0 Å². The van der Waals surface area contributed by atoms with E-state index in [1.807, 2.05) is 0 Å². The Labute approximate surface area is 104 Å². The normalized spacial score (nSPS) is 18.1. The fourth-order valence-electron chi connectivity index (χ4n) is 2.08. The van der Waals surface area contributed by atoms with Crippen LogP contribution in [0.5, 0.6) is 0 Å². The number of aliphatic hydroxyl groups excluding tert-OH is 1. The van der Waals surface area contributed by atoms with Crippen molar-refractivity contribution in [3.63, 3.8) is 0 Å². The third-order valence-electron chi connectivity index (χ3n) is 3.34. The molecule has 0 spiro atoms. The summed E-state index contributed by atoms with van der Waals surface area (Å²) >= 11 is 0. The first-order valence-corrected chi connectivity index (χ1v) is 6.51. The second kappa shape index (κ2) is 6.97. The highest BCUT2D eigenvalue weighted by Gasteiger charge is 2.24. The quantitative estimate of drug-likeness (QED) is 0.740. The minimum atomic E-state index is 0.0591. The van der Waals surface area contributed by atoms with Gasteiger partial charge in [0.1, 0.15) is 0 Å². The molecule has 1 heterocycles. The molecule has 100 valence electrons. The average Bonchev–Trinajstić information content (AvgIpc) is 2.35. The fraction of sp³-hybridized carbons (Fsp3) is 0.923. The number of hydrogen-bond acceptors (Lipinski definition) is 3. The van der Waals surface area contributed by atoms with Crippen molar-refractivity contribution in [1.29, 1.82) is 0 Å². The number of aliphatic hydroxyl groups is 1. The maximum atomic E-state index is 11.9. The van der Waals surface area contributed by atoms with Crippen molar-refractivity contribution >= 4 is 5.91 Å². The summed E-state index contributed by atoms with van der Waals surface area (Å²) in [5, 5.41) is 11.8. The Morgan fingerprint density at radius 3 is 2.65 bits per heavy atom. The molecule has 1 aliphatic heterocycles. The van der Waals surface area contributed by atoms with E-state index >= 15 is 0 Å². The summed E-state index contributed by atoms with van der Waals surface area (Å²) in [6, 6.07) is 0. The molecule has 0 bridgehead atoms. The molecule has 0 saturated carbocycles. The summed E-state index contributed by atoms with van der Waals surface area (Å²) in [4.78, 5) is 11.9. The zero-order valence-corrected chi connectivity index (χ0v) is 11.0. The lowest BCUT2D eigenvalue weighted by Crippen LogP contribution is -2.39. The van der Waals surface area contributed by atoms with Gasteiger partial charge in [-0.2, -0.15) is 0 Å². The smallest absolute Gasteiger partial charge is 0.223 e. The second-order valence-electron chi connectivity index (χ2n) is 5.60. The molecule has 1 saturated heterocycles. The minimum Gasteiger partial charge on any atom is -0.396 e.